The van der Waals surface area contributed by atoms with E-state index in [1.165, 1.54) is 16.0 Å². The number of nitrogens with zero attached hydrogens (tertiary/aromatic N) is 2. The van der Waals surface area contributed by atoms with Crippen LogP contribution in [0, 0.1) is 6.92 Å². The second kappa shape index (κ2) is 13.1. The number of guanidine groups is 1. The number of nitrogens with one attached hydrogen (secondary N) is 2. The van der Waals surface area contributed by atoms with Gasteiger partial charge in [0.25, 0.3) is 5.91 Å². The summed E-state index contributed by atoms with van der Waals surface area (Å²) < 4.78 is 5.58. The van der Waals surface area contributed by atoms with Gasteiger partial charge < -0.3 is 20.3 Å². The van der Waals surface area contributed by atoms with Crippen molar-refractivity contribution in [2.24, 2.45) is 4.99 Å². The van der Waals surface area contributed by atoms with Crippen LogP contribution in [0.2, 0.25) is 0 Å². The molecule has 164 valence electrons. The fourth-order valence-electron chi connectivity index (χ4n) is 2.77. The van der Waals surface area contributed by atoms with Gasteiger partial charge in [0, 0.05) is 34.2 Å². The maximum atomic E-state index is 11.7. The van der Waals surface area contributed by atoms with Crippen LogP contribution in [0.1, 0.15) is 29.5 Å². The summed E-state index contributed by atoms with van der Waals surface area (Å²) in [4.78, 5) is 17.5. The molecule has 0 saturated carbocycles. The normalized spacial score (nSPS) is 11.8. The van der Waals surface area contributed by atoms with Crippen LogP contribution >= 0.6 is 24.0 Å². The summed E-state index contributed by atoms with van der Waals surface area (Å²) in [5.74, 6) is 1.73. The summed E-state index contributed by atoms with van der Waals surface area (Å²) in [6, 6.07) is 16.3. The molecule has 2 rings (SSSR count). The molecular weight excluding hydrogens is 491 g/mol. The Bertz CT molecular complexity index is 839. The van der Waals surface area contributed by atoms with Crippen molar-refractivity contribution < 1.29 is 9.53 Å². The number of aliphatic imine (C=N–C) groups is 1. The molecule has 0 fully saturated rings. The van der Waals surface area contributed by atoms with Crippen LogP contribution in [0.25, 0.3) is 0 Å². The quantitative estimate of drug-likeness (QED) is 0.315. The number of hydrogen-bond acceptors (Lipinski definition) is 3. The van der Waals surface area contributed by atoms with Crippen molar-refractivity contribution in [3.63, 3.8) is 0 Å². The number of amides is 1. The Morgan fingerprint density at radius 2 is 1.87 bits per heavy atom. The highest BCUT2D eigenvalue weighted by molar-refractivity contribution is 14.0. The molecule has 1 unspecified atom stereocenters. The first kappa shape index (κ1) is 25.7. The molecule has 0 aliphatic heterocycles. The Morgan fingerprint density at radius 3 is 2.53 bits per heavy atom. The van der Waals surface area contributed by atoms with E-state index in [0.29, 0.717) is 18.2 Å². The number of hydrogen-bond donors (Lipinski definition) is 2. The van der Waals surface area contributed by atoms with E-state index in [9.17, 15) is 4.79 Å². The smallest absolute Gasteiger partial charge is 0.259 e. The number of halogens is 1. The molecule has 2 aromatic carbocycles. The lowest BCUT2D eigenvalue weighted by Crippen LogP contribution is -2.38. The summed E-state index contributed by atoms with van der Waals surface area (Å²) in [5, 5.41) is 6.70. The molecular formula is C23H33IN4O2. The largest absolute Gasteiger partial charge is 0.484 e. The maximum Gasteiger partial charge on any atom is 0.259 e. The van der Waals surface area contributed by atoms with Gasteiger partial charge in [0.2, 0.25) is 0 Å². The van der Waals surface area contributed by atoms with Crippen molar-refractivity contribution in [3.05, 3.63) is 65.2 Å². The van der Waals surface area contributed by atoms with Crippen LogP contribution in [0.3, 0.4) is 0 Å². The van der Waals surface area contributed by atoms with Gasteiger partial charge in [-0.15, -0.1) is 24.0 Å². The van der Waals surface area contributed by atoms with Crippen LogP contribution in [-0.2, 0) is 11.3 Å². The molecule has 0 heterocycles. The van der Waals surface area contributed by atoms with Crippen molar-refractivity contribution in [2.45, 2.75) is 26.3 Å². The Morgan fingerprint density at radius 1 is 1.13 bits per heavy atom. The molecule has 2 N–H and O–H groups in total. The zero-order valence-corrected chi connectivity index (χ0v) is 20.8. The monoisotopic (exact) mass is 524 g/mol. The highest BCUT2D eigenvalue weighted by atomic mass is 127. The number of carbonyl (C=O) groups excluding carboxylic acids is 1. The maximum absolute atomic E-state index is 11.7. The van der Waals surface area contributed by atoms with Crippen molar-refractivity contribution in [3.8, 4) is 5.75 Å². The Balaban J connectivity index is 0.00000450. The van der Waals surface area contributed by atoms with Crippen molar-refractivity contribution in [2.75, 3.05) is 34.3 Å². The van der Waals surface area contributed by atoms with Gasteiger partial charge in [-0.25, -0.2) is 0 Å². The van der Waals surface area contributed by atoms with E-state index in [4.69, 9.17) is 4.74 Å². The SMILES string of the molecule is CN=C(NCc1cccc(OCC(=O)N(C)C)c1)NCC(C)c1cccc(C)c1.I. The molecule has 30 heavy (non-hydrogen) atoms. The molecule has 0 radical (unpaired) electrons. The highest BCUT2D eigenvalue weighted by Gasteiger charge is 2.08. The number of likely N-dealkylation sites (N-methyl/N-ethyl adjacent to an activating group) is 1. The van der Waals surface area contributed by atoms with E-state index >= 15 is 0 Å². The summed E-state index contributed by atoms with van der Waals surface area (Å²) >= 11 is 0. The predicted molar refractivity (Wildman–Crippen MR) is 134 cm³/mol. The van der Waals surface area contributed by atoms with Crippen molar-refractivity contribution in [1.29, 1.82) is 0 Å². The molecule has 0 saturated heterocycles. The fourth-order valence-corrected chi connectivity index (χ4v) is 2.77. The van der Waals surface area contributed by atoms with E-state index in [0.717, 1.165) is 18.1 Å². The van der Waals surface area contributed by atoms with Crippen LogP contribution in [0.4, 0.5) is 0 Å². The Labute approximate surface area is 197 Å². The summed E-state index contributed by atoms with van der Waals surface area (Å²) in [6.45, 7) is 5.74. The fraction of sp³-hybridized carbons (Fsp3) is 0.391. The van der Waals surface area contributed by atoms with Gasteiger partial charge >= 0.3 is 0 Å². The van der Waals surface area contributed by atoms with Gasteiger partial charge in [0.1, 0.15) is 5.75 Å². The molecule has 6 nitrogen and oxygen atoms in total. The van der Waals surface area contributed by atoms with Crippen molar-refractivity contribution >= 4 is 35.8 Å². The first-order valence-corrected chi connectivity index (χ1v) is 9.82. The Hall–Kier alpha value is -2.29. The van der Waals surface area contributed by atoms with E-state index in [-0.39, 0.29) is 36.5 Å². The summed E-state index contributed by atoms with van der Waals surface area (Å²) in [5.41, 5.74) is 3.63. The number of aryl methyl sites for hydroxylation is 1. The Kier molecular flexibility index (Phi) is 11.2. The van der Waals surface area contributed by atoms with Crippen LogP contribution in [-0.4, -0.2) is 51.1 Å². The van der Waals surface area contributed by atoms with Crippen LogP contribution in [0.15, 0.2) is 53.5 Å². The van der Waals surface area contributed by atoms with E-state index < -0.39 is 0 Å². The van der Waals surface area contributed by atoms with E-state index in [1.54, 1.807) is 21.1 Å². The topological polar surface area (TPSA) is 66.0 Å². The molecule has 0 aromatic heterocycles. The predicted octanol–water partition coefficient (Wildman–Crippen LogP) is 3.55. The number of carbonyl (C=O) groups is 1. The molecule has 1 atom stereocenters. The minimum absolute atomic E-state index is 0. The number of rotatable bonds is 8. The molecule has 0 aliphatic carbocycles. The van der Waals surface area contributed by atoms with E-state index in [2.05, 4.69) is 53.7 Å². The second-order valence-corrected chi connectivity index (χ2v) is 7.35. The third kappa shape index (κ3) is 8.61. The minimum atomic E-state index is -0.0686. The van der Waals surface area contributed by atoms with Gasteiger partial charge in [-0.1, -0.05) is 48.9 Å². The standard InChI is InChI=1S/C23H32N4O2.HI/c1-17-8-6-10-20(12-17)18(2)14-25-23(24-3)26-15-19-9-7-11-21(13-19)29-16-22(28)27(4)5;/h6-13,18H,14-16H2,1-5H3,(H2,24,25,26);1H. The first-order valence-electron chi connectivity index (χ1n) is 9.82. The lowest BCUT2D eigenvalue weighted by Gasteiger charge is -2.17. The summed E-state index contributed by atoms with van der Waals surface area (Å²) in [7, 11) is 5.19. The minimum Gasteiger partial charge on any atom is -0.484 e. The highest BCUT2D eigenvalue weighted by Crippen LogP contribution is 2.16. The van der Waals surface area contributed by atoms with Crippen LogP contribution < -0.4 is 15.4 Å². The number of ether oxygens (including phenoxy) is 1. The number of benzene rings is 2. The zero-order valence-electron chi connectivity index (χ0n) is 18.4. The van der Waals surface area contributed by atoms with Gasteiger partial charge in [-0.05, 0) is 36.1 Å². The average Bonchev–Trinajstić information content (AvgIpc) is 2.72. The molecule has 0 bridgehead atoms. The third-order valence-electron chi connectivity index (χ3n) is 4.63. The first-order chi connectivity index (χ1) is 13.9. The summed E-state index contributed by atoms with van der Waals surface area (Å²) in [6.07, 6.45) is 0. The zero-order chi connectivity index (χ0) is 21.2. The molecule has 1 amide bonds. The van der Waals surface area contributed by atoms with E-state index in [1.807, 2.05) is 24.3 Å². The molecule has 2 aromatic rings. The van der Waals surface area contributed by atoms with Gasteiger partial charge in [-0.3, -0.25) is 9.79 Å². The van der Waals surface area contributed by atoms with Crippen LogP contribution in [0.5, 0.6) is 5.75 Å². The van der Waals surface area contributed by atoms with Gasteiger partial charge in [0.05, 0.1) is 0 Å². The lowest BCUT2D eigenvalue weighted by atomic mass is 9.99. The molecule has 0 aliphatic rings. The van der Waals surface area contributed by atoms with Gasteiger partial charge in [-0.2, -0.15) is 0 Å². The molecule has 0 spiro atoms. The van der Waals surface area contributed by atoms with Crippen molar-refractivity contribution in [1.82, 2.24) is 15.5 Å². The lowest BCUT2D eigenvalue weighted by molar-refractivity contribution is -0.130. The average molecular weight is 524 g/mol. The van der Waals surface area contributed by atoms with Gasteiger partial charge in [0.15, 0.2) is 12.6 Å². The molecule has 7 heteroatoms. The third-order valence-corrected chi connectivity index (χ3v) is 4.63. The second-order valence-electron chi connectivity index (χ2n) is 7.35.